The average molecular weight is 333 g/mol. The average Bonchev–Trinajstić information content (AvgIpc) is 2.79. The van der Waals surface area contributed by atoms with Crippen molar-refractivity contribution in [3.05, 3.63) is 52.8 Å². The van der Waals surface area contributed by atoms with Gasteiger partial charge in [0.25, 0.3) is 0 Å². The Morgan fingerprint density at radius 3 is 2.70 bits per heavy atom. The first-order valence-corrected chi connectivity index (χ1v) is 7.78. The summed E-state index contributed by atoms with van der Waals surface area (Å²) >= 11 is 6.12. The Bertz CT molecular complexity index is 694. The molecule has 5 nitrogen and oxygen atoms in total. The van der Waals surface area contributed by atoms with Gasteiger partial charge in [-0.1, -0.05) is 29.8 Å². The molecule has 2 aromatic rings. The highest BCUT2D eigenvalue weighted by atomic mass is 35.5. The molecule has 0 spiro atoms. The van der Waals surface area contributed by atoms with E-state index in [9.17, 15) is 4.79 Å². The smallest absolute Gasteiger partial charge is 0.244 e. The molecule has 122 valence electrons. The van der Waals surface area contributed by atoms with E-state index in [0.29, 0.717) is 11.7 Å². The van der Waals surface area contributed by atoms with E-state index in [0.717, 1.165) is 23.5 Å². The highest BCUT2D eigenvalue weighted by Gasteiger charge is 2.08. The molecule has 23 heavy (non-hydrogen) atoms. The number of aromatic nitrogens is 2. The topological polar surface area (TPSA) is 50.2 Å². The molecule has 2 rings (SSSR count). The van der Waals surface area contributed by atoms with Gasteiger partial charge in [-0.25, -0.2) is 0 Å². The Labute approximate surface area is 141 Å². The van der Waals surface area contributed by atoms with Crippen LogP contribution < -0.4 is 10.2 Å². The van der Waals surface area contributed by atoms with Gasteiger partial charge in [0.15, 0.2) is 0 Å². The summed E-state index contributed by atoms with van der Waals surface area (Å²) in [6.07, 6.45) is 3.18. The number of amides is 1. The van der Waals surface area contributed by atoms with Crippen LogP contribution in [0.1, 0.15) is 11.3 Å². The molecule has 0 aliphatic heterocycles. The lowest BCUT2D eigenvalue weighted by atomic mass is 10.2. The minimum absolute atomic E-state index is 0.147. The second kappa shape index (κ2) is 7.83. The van der Waals surface area contributed by atoms with Gasteiger partial charge in [-0.05, 0) is 25.1 Å². The number of halogens is 1. The molecule has 1 N–H and O–H groups in total. The van der Waals surface area contributed by atoms with Crippen LogP contribution in [0.25, 0.3) is 6.08 Å². The molecule has 0 fully saturated rings. The fraction of sp³-hybridized carbons (Fsp3) is 0.294. The number of carbonyl (C=O) groups excluding carboxylic acids is 1. The van der Waals surface area contributed by atoms with E-state index in [1.807, 2.05) is 44.3 Å². The van der Waals surface area contributed by atoms with Gasteiger partial charge in [-0.3, -0.25) is 9.48 Å². The van der Waals surface area contributed by atoms with E-state index in [2.05, 4.69) is 15.3 Å². The lowest BCUT2D eigenvalue weighted by Crippen LogP contribution is -2.31. The third-order valence-corrected chi connectivity index (χ3v) is 3.99. The SMILES string of the molecule is Cc1nn(C)c(Cl)c1/C=C/C(=O)NCCN(C)c1ccccc1. The molecule has 1 amide bonds. The first-order valence-electron chi connectivity index (χ1n) is 7.40. The fourth-order valence-corrected chi connectivity index (χ4v) is 2.45. The zero-order valence-electron chi connectivity index (χ0n) is 13.6. The Balaban J connectivity index is 1.82. The first-order chi connectivity index (χ1) is 11.0. The highest BCUT2D eigenvalue weighted by Crippen LogP contribution is 2.19. The molecular weight excluding hydrogens is 312 g/mol. The Hall–Kier alpha value is -2.27. The monoisotopic (exact) mass is 332 g/mol. The summed E-state index contributed by atoms with van der Waals surface area (Å²) in [6.45, 7) is 3.16. The van der Waals surface area contributed by atoms with Gasteiger partial charge >= 0.3 is 0 Å². The van der Waals surface area contributed by atoms with Gasteiger partial charge in [-0.2, -0.15) is 5.10 Å². The van der Waals surface area contributed by atoms with E-state index in [1.165, 1.54) is 6.08 Å². The second-order valence-electron chi connectivity index (χ2n) is 5.29. The number of para-hydroxylation sites is 1. The van der Waals surface area contributed by atoms with Crippen molar-refractivity contribution in [2.45, 2.75) is 6.92 Å². The quantitative estimate of drug-likeness (QED) is 0.827. The molecular formula is C17H21ClN4O. The van der Waals surface area contributed by atoms with Gasteiger partial charge in [-0.15, -0.1) is 0 Å². The summed E-state index contributed by atoms with van der Waals surface area (Å²) in [5.74, 6) is -0.147. The van der Waals surface area contributed by atoms with E-state index >= 15 is 0 Å². The maximum Gasteiger partial charge on any atom is 0.244 e. The van der Waals surface area contributed by atoms with E-state index in [1.54, 1.807) is 17.8 Å². The number of nitrogens with one attached hydrogen (secondary N) is 1. The van der Waals surface area contributed by atoms with Crippen molar-refractivity contribution in [3.8, 4) is 0 Å². The third-order valence-electron chi connectivity index (χ3n) is 3.54. The molecule has 0 bridgehead atoms. The summed E-state index contributed by atoms with van der Waals surface area (Å²) in [5.41, 5.74) is 2.69. The number of aryl methyl sites for hydroxylation is 2. The molecule has 0 saturated heterocycles. The summed E-state index contributed by atoms with van der Waals surface area (Å²) < 4.78 is 1.59. The van der Waals surface area contributed by atoms with Crippen LogP contribution in [0.15, 0.2) is 36.4 Å². The Morgan fingerprint density at radius 1 is 1.39 bits per heavy atom. The third kappa shape index (κ3) is 4.60. The summed E-state index contributed by atoms with van der Waals surface area (Å²) in [4.78, 5) is 14.0. The van der Waals surface area contributed by atoms with Crippen LogP contribution in [0.4, 0.5) is 5.69 Å². The molecule has 0 unspecified atom stereocenters. The van der Waals surface area contributed by atoms with Crippen molar-refractivity contribution in [1.29, 1.82) is 0 Å². The summed E-state index contributed by atoms with van der Waals surface area (Å²) in [6, 6.07) is 10.0. The molecule has 1 aromatic heterocycles. The lowest BCUT2D eigenvalue weighted by Gasteiger charge is -2.19. The van der Waals surface area contributed by atoms with Gasteiger partial charge in [0.2, 0.25) is 5.91 Å². The normalized spacial score (nSPS) is 11.0. The van der Waals surface area contributed by atoms with Crippen molar-refractivity contribution < 1.29 is 4.79 Å². The number of benzene rings is 1. The van der Waals surface area contributed by atoms with Gasteiger partial charge in [0, 0.05) is 44.5 Å². The van der Waals surface area contributed by atoms with E-state index in [4.69, 9.17) is 11.6 Å². The number of nitrogens with zero attached hydrogens (tertiary/aromatic N) is 3. The van der Waals surface area contributed by atoms with E-state index < -0.39 is 0 Å². The number of anilines is 1. The highest BCUT2D eigenvalue weighted by molar-refractivity contribution is 6.31. The number of hydrogen-bond acceptors (Lipinski definition) is 3. The maximum absolute atomic E-state index is 11.9. The number of hydrogen-bond donors (Lipinski definition) is 1. The van der Waals surface area contributed by atoms with Crippen LogP contribution in [-0.4, -0.2) is 35.8 Å². The molecule has 0 aliphatic carbocycles. The van der Waals surface area contributed by atoms with Crippen LogP contribution >= 0.6 is 11.6 Å². The maximum atomic E-state index is 11.9. The summed E-state index contributed by atoms with van der Waals surface area (Å²) in [7, 11) is 3.77. The van der Waals surface area contributed by atoms with Crippen LogP contribution in [0.5, 0.6) is 0 Å². The van der Waals surface area contributed by atoms with Crippen molar-refractivity contribution in [1.82, 2.24) is 15.1 Å². The van der Waals surface area contributed by atoms with Crippen molar-refractivity contribution in [2.24, 2.45) is 7.05 Å². The molecule has 0 saturated carbocycles. The molecule has 0 atom stereocenters. The number of rotatable bonds is 6. The van der Waals surface area contributed by atoms with Crippen molar-refractivity contribution in [3.63, 3.8) is 0 Å². The minimum Gasteiger partial charge on any atom is -0.373 e. The Kier molecular flexibility index (Phi) is 5.82. The lowest BCUT2D eigenvalue weighted by molar-refractivity contribution is -0.116. The van der Waals surface area contributed by atoms with Crippen LogP contribution in [0.3, 0.4) is 0 Å². The largest absolute Gasteiger partial charge is 0.373 e. The van der Waals surface area contributed by atoms with Crippen LogP contribution in [0.2, 0.25) is 5.15 Å². The fourth-order valence-electron chi connectivity index (χ4n) is 2.21. The number of likely N-dealkylation sites (N-methyl/N-ethyl adjacent to an activating group) is 1. The molecule has 1 heterocycles. The van der Waals surface area contributed by atoms with Crippen LogP contribution in [0, 0.1) is 6.92 Å². The minimum atomic E-state index is -0.147. The van der Waals surface area contributed by atoms with E-state index in [-0.39, 0.29) is 5.91 Å². The first kappa shape index (κ1) is 17.1. The zero-order valence-corrected chi connectivity index (χ0v) is 14.3. The van der Waals surface area contributed by atoms with Crippen LogP contribution in [-0.2, 0) is 11.8 Å². The predicted molar refractivity (Wildman–Crippen MR) is 94.7 cm³/mol. The van der Waals surface area contributed by atoms with Gasteiger partial charge < -0.3 is 10.2 Å². The zero-order chi connectivity index (χ0) is 16.8. The van der Waals surface area contributed by atoms with Gasteiger partial charge in [0.05, 0.1) is 5.69 Å². The summed E-state index contributed by atoms with van der Waals surface area (Å²) in [5, 5.41) is 7.59. The van der Waals surface area contributed by atoms with Crippen molar-refractivity contribution >= 4 is 29.3 Å². The van der Waals surface area contributed by atoms with Gasteiger partial charge in [0.1, 0.15) is 5.15 Å². The van der Waals surface area contributed by atoms with Crippen molar-refractivity contribution in [2.75, 3.05) is 25.0 Å². The molecule has 0 aliphatic rings. The Morgan fingerprint density at radius 2 is 2.09 bits per heavy atom. The standard InChI is InChI=1S/C17H21ClN4O/c1-13-15(17(18)22(3)20-13)9-10-16(23)19-11-12-21(2)14-7-5-4-6-8-14/h4-10H,11-12H2,1-3H3,(H,19,23)/b10-9+. The molecule has 0 radical (unpaired) electrons. The number of carbonyl (C=O) groups is 1. The predicted octanol–water partition coefficient (Wildman–Crippen LogP) is 2.65. The second-order valence-corrected chi connectivity index (χ2v) is 5.65. The molecule has 6 heteroatoms. The molecule has 1 aromatic carbocycles.